The molecule has 0 unspecified atom stereocenters. The molecule has 0 amide bonds. The maximum absolute atomic E-state index is 12.1. The highest BCUT2D eigenvalue weighted by Gasteiger charge is 2.43. The zero-order chi connectivity index (χ0) is 14.4. The number of esters is 2. The Hall–Kier alpha value is -1.58. The molecular formula is C15H22O4. The molecule has 0 saturated carbocycles. The number of carbonyl (C=O) groups excluding carboxylic acids is 2. The van der Waals surface area contributed by atoms with Gasteiger partial charge in [-0.3, -0.25) is 9.59 Å². The predicted molar refractivity (Wildman–Crippen MR) is 72.3 cm³/mol. The Morgan fingerprint density at radius 2 is 1.89 bits per heavy atom. The van der Waals surface area contributed by atoms with Crippen molar-refractivity contribution in [2.24, 2.45) is 17.8 Å². The molecule has 0 aromatic heterocycles. The molecule has 0 fully saturated rings. The minimum Gasteiger partial charge on any atom is -0.469 e. The number of carbonyl (C=O) groups is 2. The number of ether oxygens (including phenoxy) is 2. The van der Waals surface area contributed by atoms with Crippen LogP contribution in [0.3, 0.4) is 0 Å². The maximum Gasteiger partial charge on any atom is 0.314 e. The summed E-state index contributed by atoms with van der Waals surface area (Å²) in [4.78, 5) is 24.1. The van der Waals surface area contributed by atoms with Crippen molar-refractivity contribution in [1.29, 1.82) is 0 Å². The summed E-state index contributed by atoms with van der Waals surface area (Å²) in [5, 5.41) is 0. The molecule has 3 atom stereocenters. The molecule has 0 N–H and O–H groups in total. The van der Waals surface area contributed by atoms with Gasteiger partial charge in [0.2, 0.25) is 0 Å². The van der Waals surface area contributed by atoms with Crippen molar-refractivity contribution in [1.82, 2.24) is 0 Å². The van der Waals surface area contributed by atoms with Gasteiger partial charge in [0.25, 0.3) is 0 Å². The van der Waals surface area contributed by atoms with E-state index >= 15 is 0 Å². The van der Waals surface area contributed by atoms with Crippen molar-refractivity contribution >= 4 is 11.9 Å². The van der Waals surface area contributed by atoms with E-state index in [1.807, 2.05) is 25.2 Å². The third kappa shape index (κ3) is 3.25. The van der Waals surface area contributed by atoms with E-state index in [1.165, 1.54) is 14.2 Å². The molecule has 19 heavy (non-hydrogen) atoms. The summed E-state index contributed by atoms with van der Waals surface area (Å²) >= 11 is 0. The Labute approximate surface area is 114 Å². The second-order valence-electron chi connectivity index (χ2n) is 4.65. The Morgan fingerprint density at radius 1 is 1.26 bits per heavy atom. The molecule has 0 radical (unpaired) electrons. The van der Waals surface area contributed by atoms with Crippen LogP contribution in [0.5, 0.6) is 0 Å². The lowest BCUT2D eigenvalue weighted by molar-refractivity contribution is -0.157. The number of hydrogen-bond donors (Lipinski definition) is 0. The molecular weight excluding hydrogens is 244 g/mol. The summed E-state index contributed by atoms with van der Waals surface area (Å²) in [6.07, 6.45) is 7.56. The van der Waals surface area contributed by atoms with Crippen molar-refractivity contribution in [3.05, 3.63) is 23.8 Å². The molecule has 0 spiro atoms. The second kappa shape index (κ2) is 7.12. The van der Waals surface area contributed by atoms with Gasteiger partial charge in [0, 0.05) is 0 Å². The first-order valence-electron chi connectivity index (χ1n) is 6.60. The van der Waals surface area contributed by atoms with Crippen LogP contribution in [0.2, 0.25) is 0 Å². The van der Waals surface area contributed by atoms with Gasteiger partial charge in [-0.05, 0) is 24.8 Å². The van der Waals surface area contributed by atoms with Crippen molar-refractivity contribution in [3.63, 3.8) is 0 Å². The van der Waals surface area contributed by atoms with Crippen LogP contribution in [-0.2, 0) is 19.1 Å². The van der Waals surface area contributed by atoms with Crippen LogP contribution in [0.1, 0.15) is 26.7 Å². The SMILES string of the molecule is C/C=C1\C=C[C@@H](CCC)[C@H](C(=O)OC)[C@@H]1C(=O)OC. The molecule has 1 aliphatic carbocycles. The lowest BCUT2D eigenvalue weighted by Gasteiger charge is -2.32. The summed E-state index contributed by atoms with van der Waals surface area (Å²) in [6, 6.07) is 0. The van der Waals surface area contributed by atoms with Crippen molar-refractivity contribution < 1.29 is 19.1 Å². The summed E-state index contributed by atoms with van der Waals surface area (Å²) in [7, 11) is 2.70. The van der Waals surface area contributed by atoms with Gasteiger partial charge >= 0.3 is 11.9 Å². The molecule has 0 saturated heterocycles. The van der Waals surface area contributed by atoms with Gasteiger partial charge in [-0.2, -0.15) is 0 Å². The topological polar surface area (TPSA) is 52.6 Å². The highest BCUT2D eigenvalue weighted by atomic mass is 16.5. The van der Waals surface area contributed by atoms with E-state index < -0.39 is 11.8 Å². The Morgan fingerprint density at radius 3 is 2.37 bits per heavy atom. The third-order valence-electron chi connectivity index (χ3n) is 3.60. The maximum atomic E-state index is 12.1. The molecule has 1 aliphatic rings. The number of allylic oxidation sites excluding steroid dienone is 3. The van der Waals surface area contributed by atoms with E-state index in [4.69, 9.17) is 9.47 Å². The first-order valence-corrected chi connectivity index (χ1v) is 6.60. The normalized spacial score (nSPS) is 28.2. The zero-order valence-electron chi connectivity index (χ0n) is 12.0. The Kier molecular flexibility index (Phi) is 5.80. The summed E-state index contributed by atoms with van der Waals surface area (Å²) < 4.78 is 9.73. The minimum absolute atomic E-state index is 0.0187. The number of rotatable bonds is 4. The van der Waals surface area contributed by atoms with Crippen LogP contribution in [0.15, 0.2) is 23.8 Å². The highest BCUT2D eigenvalue weighted by molar-refractivity contribution is 5.86. The van der Waals surface area contributed by atoms with E-state index in [1.54, 1.807) is 0 Å². The Bertz CT molecular complexity index is 395. The van der Waals surface area contributed by atoms with Crippen LogP contribution in [0.25, 0.3) is 0 Å². The van der Waals surface area contributed by atoms with E-state index in [0.29, 0.717) is 0 Å². The van der Waals surface area contributed by atoms with Gasteiger partial charge in [-0.1, -0.05) is 31.6 Å². The molecule has 4 heteroatoms. The standard InChI is InChI=1S/C15H22O4/c1-5-7-11-9-8-10(6-2)12(14(16)18-3)13(11)15(17)19-4/h6,8-9,11-13H,5,7H2,1-4H3/b10-6+/t11-,12-,13+/m1/s1. The molecule has 106 valence electrons. The van der Waals surface area contributed by atoms with Crippen LogP contribution in [0, 0.1) is 17.8 Å². The average molecular weight is 266 g/mol. The largest absolute Gasteiger partial charge is 0.469 e. The molecule has 1 rings (SSSR count). The molecule has 0 bridgehead atoms. The van der Waals surface area contributed by atoms with Crippen LogP contribution >= 0.6 is 0 Å². The van der Waals surface area contributed by atoms with Gasteiger partial charge in [0.1, 0.15) is 0 Å². The quantitative estimate of drug-likeness (QED) is 0.734. The smallest absolute Gasteiger partial charge is 0.314 e. The first-order chi connectivity index (χ1) is 9.10. The molecule has 0 aromatic rings. The van der Waals surface area contributed by atoms with Gasteiger partial charge in [-0.15, -0.1) is 0 Å². The van der Waals surface area contributed by atoms with Crippen LogP contribution in [0.4, 0.5) is 0 Å². The lowest BCUT2D eigenvalue weighted by atomic mass is 9.71. The fraction of sp³-hybridized carbons (Fsp3) is 0.600. The highest BCUT2D eigenvalue weighted by Crippen LogP contribution is 2.37. The predicted octanol–water partition coefficient (Wildman–Crippen LogP) is 2.50. The second-order valence-corrected chi connectivity index (χ2v) is 4.65. The van der Waals surface area contributed by atoms with Crippen LogP contribution in [-0.4, -0.2) is 26.2 Å². The van der Waals surface area contributed by atoms with Crippen LogP contribution < -0.4 is 0 Å². The van der Waals surface area contributed by atoms with Gasteiger partial charge < -0.3 is 9.47 Å². The van der Waals surface area contributed by atoms with Crippen molar-refractivity contribution in [2.45, 2.75) is 26.7 Å². The van der Waals surface area contributed by atoms with E-state index in [-0.39, 0.29) is 17.9 Å². The van der Waals surface area contributed by atoms with Gasteiger partial charge in [0.15, 0.2) is 0 Å². The van der Waals surface area contributed by atoms with Gasteiger partial charge in [0.05, 0.1) is 26.1 Å². The summed E-state index contributed by atoms with van der Waals surface area (Å²) in [5.74, 6) is -1.77. The average Bonchev–Trinajstić information content (AvgIpc) is 2.45. The first kappa shape index (κ1) is 15.5. The Balaban J connectivity index is 3.20. The molecule has 4 nitrogen and oxygen atoms in total. The van der Waals surface area contributed by atoms with E-state index in [9.17, 15) is 9.59 Å². The molecule has 0 aliphatic heterocycles. The minimum atomic E-state index is -0.566. The number of hydrogen-bond acceptors (Lipinski definition) is 4. The van der Waals surface area contributed by atoms with E-state index in [0.717, 1.165) is 18.4 Å². The number of methoxy groups -OCH3 is 2. The van der Waals surface area contributed by atoms with Crippen molar-refractivity contribution in [3.8, 4) is 0 Å². The fourth-order valence-corrected chi connectivity index (χ4v) is 2.65. The summed E-state index contributed by atoms with van der Waals surface area (Å²) in [5.41, 5.74) is 0.814. The zero-order valence-corrected chi connectivity index (χ0v) is 12.0. The molecule has 0 heterocycles. The lowest BCUT2D eigenvalue weighted by Crippen LogP contribution is -2.39. The summed E-state index contributed by atoms with van der Waals surface area (Å²) in [6.45, 7) is 3.91. The van der Waals surface area contributed by atoms with E-state index in [2.05, 4.69) is 6.92 Å². The fourth-order valence-electron chi connectivity index (χ4n) is 2.65. The monoisotopic (exact) mass is 266 g/mol. The van der Waals surface area contributed by atoms with Gasteiger partial charge in [-0.25, -0.2) is 0 Å². The van der Waals surface area contributed by atoms with Crippen molar-refractivity contribution in [2.75, 3.05) is 14.2 Å². The third-order valence-corrected chi connectivity index (χ3v) is 3.60. The molecule has 0 aromatic carbocycles.